The number of hydrogen-bond donors (Lipinski definition) is 1. The van der Waals surface area contributed by atoms with Crippen molar-refractivity contribution in [2.45, 2.75) is 0 Å². The van der Waals surface area contributed by atoms with Gasteiger partial charge in [-0.05, 0) is 23.6 Å². The quantitative estimate of drug-likeness (QED) is 0.673. The third-order valence-electron chi connectivity index (χ3n) is 2.20. The number of halogens is 2. The van der Waals surface area contributed by atoms with Gasteiger partial charge in [0.1, 0.15) is 10.8 Å². The highest BCUT2D eigenvalue weighted by Gasteiger charge is 2.07. The molecule has 1 N–H and O–H groups in total. The summed E-state index contributed by atoms with van der Waals surface area (Å²) in [7, 11) is 0. The Balaban J connectivity index is 1.82. The van der Waals surface area contributed by atoms with Crippen LogP contribution in [0.25, 0.3) is 0 Å². The van der Waals surface area contributed by atoms with Gasteiger partial charge < -0.3 is 4.74 Å². The second-order valence-corrected chi connectivity index (χ2v) is 5.41. The van der Waals surface area contributed by atoms with Crippen LogP contribution >= 0.6 is 34.5 Å². The van der Waals surface area contributed by atoms with Crippen molar-refractivity contribution < 1.29 is 9.53 Å². The van der Waals surface area contributed by atoms with Crippen LogP contribution in [0.4, 0.5) is 0 Å². The van der Waals surface area contributed by atoms with Crippen molar-refractivity contribution in [2.24, 2.45) is 5.10 Å². The molecule has 7 heteroatoms. The van der Waals surface area contributed by atoms with Gasteiger partial charge in [-0.15, -0.1) is 11.3 Å². The first-order valence-corrected chi connectivity index (χ1v) is 7.22. The first-order valence-electron chi connectivity index (χ1n) is 5.59. The summed E-state index contributed by atoms with van der Waals surface area (Å²) in [5, 5.41) is 6.39. The van der Waals surface area contributed by atoms with Crippen molar-refractivity contribution >= 4 is 46.7 Å². The Morgan fingerprint density at radius 1 is 1.35 bits per heavy atom. The van der Waals surface area contributed by atoms with Gasteiger partial charge in [0.05, 0.1) is 11.2 Å². The van der Waals surface area contributed by atoms with Crippen molar-refractivity contribution in [3.05, 3.63) is 50.6 Å². The van der Waals surface area contributed by atoms with E-state index >= 15 is 0 Å². The lowest BCUT2D eigenvalue weighted by molar-refractivity contribution is -0.123. The van der Waals surface area contributed by atoms with E-state index in [2.05, 4.69) is 10.5 Å². The van der Waals surface area contributed by atoms with E-state index in [1.165, 1.54) is 11.3 Å². The van der Waals surface area contributed by atoms with Crippen molar-refractivity contribution in [1.29, 1.82) is 0 Å². The maximum atomic E-state index is 11.5. The van der Waals surface area contributed by atoms with Gasteiger partial charge in [-0.25, -0.2) is 5.43 Å². The van der Waals surface area contributed by atoms with Gasteiger partial charge in [0.15, 0.2) is 6.61 Å². The van der Waals surface area contributed by atoms with E-state index in [4.69, 9.17) is 27.9 Å². The van der Waals surface area contributed by atoms with Crippen molar-refractivity contribution in [2.75, 3.05) is 6.61 Å². The average molecular weight is 329 g/mol. The molecule has 0 aliphatic carbocycles. The first-order chi connectivity index (χ1) is 9.66. The monoisotopic (exact) mass is 328 g/mol. The summed E-state index contributed by atoms with van der Waals surface area (Å²) < 4.78 is 5.27. The maximum Gasteiger partial charge on any atom is 0.277 e. The number of thiophene rings is 1. The number of hydrogen-bond acceptors (Lipinski definition) is 4. The summed E-state index contributed by atoms with van der Waals surface area (Å²) in [4.78, 5) is 12.5. The Morgan fingerprint density at radius 2 is 2.20 bits per heavy atom. The lowest BCUT2D eigenvalue weighted by Gasteiger charge is -2.07. The van der Waals surface area contributed by atoms with Crippen molar-refractivity contribution in [3.63, 3.8) is 0 Å². The first kappa shape index (κ1) is 14.8. The molecule has 1 aromatic heterocycles. The third kappa shape index (κ3) is 4.23. The van der Waals surface area contributed by atoms with E-state index in [0.29, 0.717) is 10.8 Å². The predicted molar refractivity (Wildman–Crippen MR) is 82.0 cm³/mol. The van der Waals surface area contributed by atoms with Gasteiger partial charge in [0, 0.05) is 4.88 Å². The molecule has 104 valence electrons. The minimum atomic E-state index is -0.381. The number of nitrogens with one attached hydrogen (secondary N) is 1. The van der Waals surface area contributed by atoms with Crippen LogP contribution in [-0.4, -0.2) is 18.7 Å². The normalized spacial score (nSPS) is 10.7. The number of hydrazone groups is 1. The molecule has 0 atom stereocenters. The van der Waals surface area contributed by atoms with Crippen LogP contribution in [0.3, 0.4) is 0 Å². The number of amides is 1. The molecule has 0 saturated heterocycles. The molecule has 0 bridgehead atoms. The van der Waals surface area contributed by atoms with Crippen molar-refractivity contribution in [1.82, 2.24) is 5.43 Å². The molecular formula is C13H10Cl2N2O2S. The summed E-state index contributed by atoms with van der Waals surface area (Å²) in [6.07, 6.45) is 1.56. The van der Waals surface area contributed by atoms with Gasteiger partial charge in [0.2, 0.25) is 0 Å². The molecule has 0 aliphatic heterocycles. The van der Waals surface area contributed by atoms with E-state index in [9.17, 15) is 4.79 Å². The molecule has 4 nitrogen and oxygen atoms in total. The lowest BCUT2D eigenvalue weighted by atomic mass is 10.3. The number of ether oxygens (including phenoxy) is 1. The summed E-state index contributed by atoms with van der Waals surface area (Å²) in [6, 6.07) is 8.76. The zero-order valence-corrected chi connectivity index (χ0v) is 12.5. The topological polar surface area (TPSA) is 50.7 Å². The van der Waals surface area contributed by atoms with Crippen LogP contribution in [-0.2, 0) is 4.79 Å². The van der Waals surface area contributed by atoms with Crippen molar-refractivity contribution in [3.8, 4) is 5.75 Å². The molecular weight excluding hydrogens is 319 g/mol. The highest BCUT2D eigenvalue weighted by molar-refractivity contribution is 7.11. The van der Waals surface area contributed by atoms with Crippen LogP contribution < -0.4 is 10.2 Å². The SMILES string of the molecule is O=C(COc1cccc(Cl)c1Cl)NN=Cc1cccs1. The molecule has 1 heterocycles. The summed E-state index contributed by atoms with van der Waals surface area (Å²) in [5.74, 6) is -0.0228. The fourth-order valence-electron chi connectivity index (χ4n) is 1.30. The summed E-state index contributed by atoms with van der Waals surface area (Å²) in [5.41, 5.74) is 2.36. The zero-order valence-electron chi connectivity index (χ0n) is 10.2. The molecule has 0 unspecified atom stereocenters. The van der Waals surface area contributed by atoms with E-state index in [-0.39, 0.29) is 17.5 Å². The minimum absolute atomic E-state index is 0.193. The number of benzene rings is 1. The highest BCUT2D eigenvalue weighted by atomic mass is 35.5. The Bertz CT molecular complexity index is 615. The van der Waals surface area contributed by atoms with Crippen LogP contribution in [0.15, 0.2) is 40.8 Å². The standard InChI is InChI=1S/C13H10Cl2N2O2S/c14-10-4-1-5-11(13(10)15)19-8-12(18)17-16-7-9-3-2-6-20-9/h1-7H,8H2,(H,17,18). The Morgan fingerprint density at radius 3 is 2.95 bits per heavy atom. The second-order valence-electron chi connectivity index (χ2n) is 3.65. The van der Waals surface area contributed by atoms with Crippen LogP contribution in [0, 0.1) is 0 Å². The maximum absolute atomic E-state index is 11.5. The fourth-order valence-corrected chi connectivity index (χ4v) is 2.24. The largest absolute Gasteiger partial charge is 0.482 e. The number of rotatable bonds is 5. The van der Waals surface area contributed by atoms with Crippen LogP contribution in [0.1, 0.15) is 4.88 Å². The highest BCUT2D eigenvalue weighted by Crippen LogP contribution is 2.31. The lowest BCUT2D eigenvalue weighted by Crippen LogP contribution is -2.24. The van der Waals surface area contributed by atoms with Crippen LogP contribution in [0.2, 0.25) is 10.0 Å². The molecule has 0 saturated carbocycles. The average Bonchev–Trinajstić information content (AvgIpc) is 2.94. The Hall–Kier alpha value is -1.56. The van der Waals surface area contributed by atoms with E-state index < -0.39 is 0 Å². The predicted octanol–water partition coefficient (Wildman–Crippen LogP) is 3.58. The van der Waals surface area contributed by atoms with Crippen LogP contribution in [0.5, 0.6) is 5.75 Å². The fraction of sp³-hybridized carbons (Fsp3) is 0.0769. The second kappa shape index (κ2) is 7.28. The summed E-state index contributed by atoms with van der Waals surface area (Å²) >= 11 is 13.3. The molecule has 1 aromatic carbocycles. The van der Waals surface area contributed by atoms with E-state index in [1.807, 2.05) is 17.5 Å². The molecule has 2 aromatic rings. The number of carbonyl (C=O) groups is 1. The van der Waals surface area contributed by atoms with Gasteiger partial charge in [-0.1, -0.05) is 35.3 Å². The number of nitrogens with zero attached hydrogens (tertiary/aromatic N) is 1. The van der Waals surface area contributed by atoms with Gasteiger partial charge in [-0.3, -0.25) is 4.79 Å². The van der Waals surface area contributed by atoms with E-state index in [0.717, 1.165) is 4.88 Å². The van der Waals surface area contributed by atoms with Gasteiger partial charge in [0.25, 0.3) is 5.91 Å². The molecule has 0 radical (unpaired) electrons. The summed E-state index contributed by atoms with van der Waals surface area (Å²) in [6.45, 7) is -0.193. The zero-order chi connectivity index (χ0) is 14.4. The molecule has 1 amide bonds. The number of carbonyl (C=O) groups excluding carboxylic acids is 1. The van der Waals surface area contributed by atoms with E-state index in [1.54, 1.807) is 24.4 Å². The van der Waals surface area contributed by atoms with Gasteiger partial charge >= 0.3 is 0 Å². The van der Waals surface area contributed by atoms with Gasteiger partial charge in [-0.2, -0.15) is 5.10 Å². The Kier molecular flexibility index (Phi) is 5.40. The molecule has 0 fully saturated rings. The smallest absolute Gasteiger partial charge is 0.277 e. The molecule has 2 rings (SSSR count). The molecule has 0 spiro atoms. The molecule has 0 aliphatic rings. The minimum Gasteiger partial charge on any atom is -0.482 e. The Labute approximate surface area is 130 Å². The third-order valence-corrected chi connectivity index (χ3v) is 3.81. The molecule has 20 heavy (non-hydrogen) atoms.